The van der Waals surface area contributed by atoms with Gasteiger partial charge in [-0.2, -0.15) is 0 Å². The fraction of sp³-hybridized carbons (Fsp3) is 0.667. The van der Waals surface area contributed by atoms with Crippen LogP contribution in [0.25, 0.3) is 0 Å². The van der Waals surface area contributed by atoms with Crippen molar-refractivity contribution in [3.05, 3.63) is 11.1 Å². The van der Waals surface area contributed by atoms with Gasteiger partial charge in [-0.15, -0.1) is 0 Å². The fourth-order valence-electron chi connectivity index (χ4n) is 3.07. The van der Waals surface area contributed by atoms with Crippen molar-refractivity contribution in [2.45, 2.75) is 32.2 Å². The summed E-state index contributed by atoms with van der Waals surface area (Å²) in [6, 6.07) is 0.132. The van der Waals surface area contributed by atoms with E-state index in [0.717, 1.165) is 24.6 Å². The van der Waals surface area contributed by atoms with Gasteiger partial charge in [0.2, 0.25) is 5.91 Å². The van der Waals surface area contributed by atoms with Crippen LogP contribution in [0, 0.1) is 0 Å². The van der Waals surface area contributed by atoms with Crippen LogP contribution in [0.15, 0.2) is 6.20 Å². The molecular weight excluding hydrogens is 300 g/mol. The van der Waals surface area contributed by atoms with Crippen LogP contribution in [-0.4, -0.2) is 65.9 Å². The van der Waals surface area contributed by atoms with Gasteiger partial charge in [-0.05, 0) is 19.3 Å². The van der Waals surface area contributed by atoms with Crippen molar-refractivity contribution in [3.63, 3.8) is 0 Å². The van der Waals surface area contributed by atoms with Crippen molar-refractivity contribution in [2.24, 2.45) is 0 Å². The molecule has 1 aromatic heterocycles. The first-order chi connectivity index (χ1) is 10.6. The molecule has 2 amide bonds. The molecular formula is C15H22N4O2S. The molecule has 0 aromatic carbocycles. The van der Waals surface area contributed by atoms with Gasteiger partial charge < -0.3 is 14.7 Å². The molecule has 0 unspecified atom stereocenters. The highest BCUT2D eigenvalue weighted by Crippen LogP contribution is 2.27. The van der Waals surface area contributed by atoms with Crippen LogP contribution in [0.2, 0.25) is 0 Å². The first-order valence-electron chi connectivity index (χ1n) is 7.79. The number of thiazole rings is 1. The molecule has 120 valence electrons. The quantitative estimate of drug-likeness (QED) is 0.845. The average Bonchev–Trinajstić information content (AvgIpc) is 3.24. The smallest absolute Gasteiger partial charge is 0.265 e. The van der Waals surface area contributed by atoms with E-state index in [4.69, 9.17) is 0 Å². The maximum atomic E-state index is 12.6. The SMILES string of the molecule is CC(=O)N(C)[C@H]1CCN(C(=O)c2cnc(N3CCCC3)s2)C1. The van der Waals surface area contributed by atoms with E-state index in [0.29, 0.717) is 18.0 Å². The van der Waals surface area contributed by atoms with Gasteiger partial charge in [-0.25, -0.2) is 4.98 Å². The first kappa shape index (κ1) is 15.3. The first-order valence-corrected chi connectivity index (χ1v) is 8.61. The molecule has 1 atom stereocenters. The summed E-state index contributed by atoms with van der Waals surface area (Å²) in [5, 5.41) is 0.956. The third kappa shape index (κ3) is 2.95. The van der Waals surface area contributed by atoms with Crippen LogP contribution in [0.1, 0.15) is 35.9 Å². The highest BCUT2D eigenvalue weighted by atomic mass is 32.1. The number of anilines is 1. The lowest BCUT2D eigenvalue weighted by Crippen LogP contribution is -2.38. The number of likely N-dealkylation sites (N-methyl/N-ethyl adjacent to an activating group) is 1. The molecule has 6 nitrogen and oxygen atoms in total. The van der Waals surface area contributed by atoms with E-state index in [9.17, 15) is 9.59 Å². The van der Waals surface area contributed by atoms with E-state index in [1.165, 1.54) is 24.2 Å². The number of nitrogens with zero attached hydrogens (tertiary/aromatic N) is 4. The summed E-state index contributed by atoms with van der Waals surface area (Å²) in [6.07, 6.45) is 4.95. The van der Waals surface area contributed by atoms with Crippen LogP contribution >= 0.6 is 11.3 Å². The second-order valence-corrected chi connectivity index (χ2v) is 7.03. The Morgan fingerprint density at radius 3 is 2.73 bits per heavy atom. The summed E-state index contributed by atoms with van der Waals surface area (Å²) in [4.78, 5) is 34.9. The van der Waals surface area contributed by atoms with Crippen molar-refractivity contribution in [1.82, 2.24) is 14.8 Å². The summed E-state index contributed by atoms with van der Waals surface area (Å²) in [5.41, 5.74) is 0. The Bertz CT molecular complexity index is 568. The Balaban J connectivity index is 1.63. The van der Waals surface area contributed by atoms with Gasteiger partial charge in [0, 0.05) is 40.2 Å². The minimum atomic E-state index is 0.0439. The Morgan fingerprint density at radius 2 is 2.05 bits per heavy atom. The van der Waals surface area contributed by atoms with Crippen LogP contribution < -0.4 is 4.90 Å². The van der Waals surface area contributed by atoms with Gasteiger partial charge in [-0.1, -0.05) is 11.3 Å². The predicted octanol–water partition coefficient (Wildman–Crippen LogP) is 1.44. The number of hydrogen-bond acceptors (Lipinski definition) is 5. The zero-order valence-corrected chi connectivity index (χ0v) is 13.9. The van der Waals surface area contributed by atoms with Gasteiger partial charge in [-0.3, -0.25) is 9.59 Å². The maximum absolute atomic E-state index is 12.6. The molecule has 0 aliphatic carbocycles. The fourth-order valence-corrected chi connectivity index (χ4v) is 4.01. The Kier molecular flexibility index (Phi) is 4.33. The number of rotatable bonds is 3. The number of carbonyl (C=O) groups is 2. The topological polar surface area (TPSA) is 56.8 Å². The van der Waals surface area contributed by atoms with Gasteiger partial charge in [0.05, 0.1) is 12.2 Å². The molecule has 0 N–H and O–H groups in total. The molecule has 3 rings (SSSR count). The Morgan fingerprint density at radius 1 is 1.32 bits per heavy atom. The van der Waals surface area contributed by atoms with E-state index in [1.807, 2.05) is 4.90 Å². The largest absolute Gasteiger partial charge is 0.348 e. The molecule has 22 heavy (non-hydrogen) atoms. The maximum Gasteiger partial charge on any atom is 0.265 e. The molecule has 1 aromatic rings. The molecule has 0 spiro atoms. The van der Waals surface area contributed by atoms with E-state index in [1.54, 1.807) is 25.1 Å². The summed E-state index contributed by atoms with van der Waals surface area (Å²) >= 11 is 1.48. The molecule has 2 aliphatic rings. The molecule has 2 saturated heterocycles. The van der Waals surface area contributed by atoms with E-state index < -0.39 is 0 Å². The number of hydrogen-bond donors (Lipinski definition) is 0. The molecule has 2 aliphatic heterocycles. The van der Waals surface area contributed by atoms with E-state index in [2.05, 4.69) is 9.88 Å². The Labute approximate surface area is 134 Å². The monoisotopic (exact) mass is 322 g/mol. The highest BCUT2D eigenvalue weighted by Gasteiger charge is 2.31. The summed E-state index contributed by atoms with van der Waals surface area (Å²) in [7, 11) is 1.80. The third-order valence-corrected chi connectivity index (χ3v) is 5.62. The van der Waals surface area contributed by atoms with Gasteiger partial charge in [0.1, 0.15) is 4.88 Å². The number of amides is 2. The predicted molar refractivity (Wildman–Crippen MR) is 86.3 cm³/mol. The molecule has 0 radical (unpaired) electrons. The lowest BCUT2D eigenvalue weighted by molar-refractivity contribution is -0.129. The second-order valence-electron chi connectivity index (χ2n) is 6.02. The Hall–Kier alpha value is -1.63. The second kappa shape index (κ2) is 6.24. The lowest BCUT2D eigenvalue weighted by Gasteiger charge is -2.23. The molecule has 0 bridgehead atoms. The number of likely N-dealkylation sites (tertiary alicyclic amines) is 1. The zero-order chi connectivity index (χ0) is 15.7. The minimum Gasteiger partial charge on any atom is -0.348 e. The van der Waals surface area contributed by atoms with E-state index in [-0.39, 0.29) is 17.9 Å². The summed E-state index contributed by atoms with van der Waals surface area (Å²) < 4.78 is 0. The van der Waals surface area contributed by atoms with Crippen molar-refractivity contribution in [1.29, 1.82) is 0 Å². The van der Waals surface area contributed by atoms with E-state index >= 15 is 0 Å². The van der Waals surface area contributed by atoms with Gasteiger partial charge in [0.15, 0.2) is 5.13 Å². The van der Waals surface area contributed by atoms with Crippen molar-refractivity contribution >= 4 is 28.3 Å². The van der Waals surface area contributed by atoms with Crippen LogP contribution in [0.3, 0.4) is 0 Å². The number of carbonyl (C=O) groups excluding carboxylic acids is 2. The zero-order valence-electron chi connectivity index (χ0n) is 13.1. The third-order valence-electron chi connectivity index (χ3n) is 4.58. The minimum absolute atomic E-state index is 0.0439. The summed E-state index contributed by atoms with van der Waals surface area (Å²) in [6.45, 7) is 4.96. The number of aromatic nitrogens is 1. The normalized spacial score (nSPS) is 21.5. The lowest BCUT2D eigenvalue weighted by atomic mass is 10.2. The van der Waals surface area contributed by atoms with Crippen LogP contribution in [0.4, 0.5) is 5.13 Å². The molecule has 0 saturated carbocycles. The van der Waals surface area contributed by atoms with Gasteiger partial charge in [0.25, 0.3) is 5.91 Å². The van der Waals surface area contributed by atoms with Crippen LogP contribution in [0.5, 0.6) is 0 Å². The highest BCUT2D eigenvalue weighted by molar-refractivity contribution is 7.17. The van der Waals surface area contributed by atoms with Crippen LogP contribution in [-0.2, 0) is 4.79 Å². The molecule has 2 fully saturated rings. The van der Waals surface area contributed by atoms with Gasteiger partial charge >= 0.3 is 0 Å². The molecule has 7 heteroatoms. The molecule has 3 heterocycles. The standard InChI is InChI=1S/C15H22N4O2S/c1-11(20)17(2)12-5-8-19(10-12)14(21)13-9-16-15(22-13)18-6-3-4-7-18/h9,12H,3-8,10H2,1-2H3/t12-/m0/s1. The van der Waals surface area contributed by atoms with Crippen molar-refractivity contribution < 1.29 is 9.59 Å². The average molecular weight is 322 g/mol. The van der Waals surface area contributed by atoms with Crippen molar-refractivity contribution in [3.8, 4) is 0 Å². The summed E-state index contributed by atoms with van der Waals surface area (Å²) in [5.74, 6) is 0.0933. The van der Waals surface area contributed by atoms with Crippen molar-refractivity contribution in [2.75, 3.05) is 38.1 Å².